The fourth-order valence-electron chi connectivity index (χ4n) is 1.98. The molecule has 1 unspecified atom stereocenters. The molecule has 0 N–H and O–H groups in total. The number of rotatable bonds is 11. The topological polar surface area (TPSA) is 44.8 Å². The maximum absolute atomic E-state index is 11.9. The third-order valence-corrected chi connectivity index (χ3v) is 3.84. The van der Waals surface area contributed by atoms with E-state index in [1.54, 1.807) is 0 Å². The number of carbonyl (C=O) groups excluding carboxylic acids is 1. The van der Waals surface area contributed by atoms with Crippen molar-refractivity contribution in [1.29, 1.82) is 0 Å². The van der Waals surface area contributed by atoms with Crippen LogP contribution in [-0.2, 0) is 19.0 Å². The SMILES string of the molecule is CC=C(C)OC(C)(C)CCOC(C)(CC)CC(=O)OCC(C)C. The Hall–Kier alpha value is -1.03. The van der Waals surface area contributed by atoms with E-state index in [0.717, 1.165) is 18.6 Å². The molecule has 4 nitrogen and oxygen atoms in total. The van der Waals surface area contributed by atoms with Gasteiger partial charge in [0.2, 0.25) is 0 Å². The molecule has 0 heterocycles. The van der Waals surface area contributed by atoms with E-state index >= 15 is 0 Å². The molecule has 0 aliphatic heterocycles. The molecule has 0 amide bonds. The van der Waals surface area contributed by atoms with Gasteiger partial charge in [-0.15, -0.1) is 0 Å². The van der Waals surface area contributed by atoms with E-state index in [0.29, 0.717) is 19.1 Å². The Bertz CT molecular complexity index is 385. The highest BCUT2D eigenvalue weighted by Gasteiger charge is 2.29. The van der Waals surface area contributed by atoms with E-state index in [2.05, 4.69) is 0 Å². The molecule has 4 heteroatoms. The molecule has 0 radical (unpaired) electrons. The van der Waals surface area contributed by atoms with Gasteiger partial charge in [-0.1, -0.05) is 20.8 Å². The highest BCUT2D eigenvalue weighted by Crippen LogP contribution is 2.24. The smallest absolute Gasteiger partial charge is 0.308 e. The summed E-state index contributed by atoms with van der Waals surface area (Å²) in [7, 11) is 0. The Morgan fingerprint density at radius 2 is 1.83 bits per heavy atom. The van der Waals surface area contributed by atoms with Crippen LogP contribution in [0.4, 0.5) is 0 Å². The van der Waals surface area contributed by atoms with E-state index in [1.807, 2.05) is 61.5 Å². The lowest BCUT2D eigenvalue weighted by atomic mass is 9.98. The van der Waals surface area contributed by atoms with Crippen LogP contribution in [0.2, 0.25) is 0 Å². The average molecular weight is 328 g/mol. The fourth-order valence-corrected chi connectivity index (χ4v) is 1.98. The van der Waals surface area contributed by atoms with Gasteiger partial charge in [0.15, 0.2) is 0 Å². The summed E-state index contributed by atoms with van der Waals surface area (Å²) >= 11 is 0. The average Bonchev–Trinajstić information content (AvgIpc) is 2.44. The number of allylic oxidation sites excluding steroid dienone is 2. The maximum Gasteiger partial charge on any atom is 0.308 e. The van der Waals surface area contributed by atoms with Gasteiger partial charge in [0.25, 0.3) is 0 Å². The van der Waals surface area contributed by atoms with Crippen molar-refractivity contribution in [3.63, 3.8) is 0 Å². The Balaban J connectivity index is 4.38. The fraction of sp³-hybridized carbons (Fsp3) is 0.842. The minimum Gasteiger partial charge on any atom is -0.493 e. The van der Waals surface area contributed by atoms with Gasteiger partial charge in [-0.05, 0) is 53.0 Å². The molecule has 0 fully saturated rings. The third-order valence-electron chi connectivity index (χ3n) is 3.84. The number of hydrogen-bond donors (Lipinski definition) is 0. The molecule has 0 saturated carbocycles. The van der Waals surface area contributed by atoms with E-state index in [9.17, 15) is 4.79 Å². The maximum atomic E-state index is 11.9. The van der Waals surface area contributed by atoms with Crippen LogP contribution in [0, 0.1) is 5.92 Å². The molecule has 136 valence electrons. The molecular formula is C19H36O4. The van der Waals surface area contributed by atoms with Gasteiger partial charge in [0.05, 0.1) is 31.0 Å². The molecule has 1 atom stereocenters. The zero-order valence-corrected chi connectivity index (χ0v) is 16.3. The van der Waals surface area contributed by atoms with Crippen molar-refractivity contribution in [2.45, 2.75) is 85.9 Å². The number of ether oxygens (including phenoxy) is 3. The number of esters is 1. The minimum atomic E-state index is -0.486. The summed E-state index contributed by atoms with van der Waals surface area (Å²) in [5, 5.41) is 0. The van der Waals surface area contributed by atoms with Gasteiger partial charge >= 0.3 is 5.97 Å². The highest BCUT2D eigenvalue weighted by atomic mass is 16.5. The molecule has 0 saturated heterocycles. The van der Waals surface area contributed by atoms with Crippen LogP contribution in [0.5, 0.6) is 0 Å². The molecular weight excluding hydrogens is 292 g/mol. The van der Waals surface area contributed by atoms with E-state index in [4.69, 9.17) is 14.2 Å². The summed E-state index contributed by atoms with van der Waals surface area (Å²) in [5.41, 5.74) is -0.775. The predicted octanol–water partition coefficient (Wildman–Crippen LogP) is 4.87. The van der Waals surface area contributed by atoms with Crippen molar-refractivity contribution in [2.24, 2.45) is 5.92 Å². The van der Waals surface area contributed by atoms with Crippen LogP contribution in [0.3, 0.4) is 0 Å². The summed E-state index contributed by atoms with van der Waals surface area (Å²) in [6.07, 6.45) is 3.75. The van der Waals surface area contributed by atoms with Gasteiger partial charge < -0.3 is 14.2 Å². The lowest BCUT2D eigenvalue weighted by Gasteiger charge is -2.31. The lowest BCUT2D eigenvalue weighted by molar-refractivity contribution is -0.153. The largest absolute Gasteiger partial charge is 0.493 e. The molecule has 0 aliphatic rings. The molecule has 0 spiro atoms. The Labute approximate surface area is 142 Å². The van der Waals surface area contributed by atoms with Gasteiger partial charge in [-0.3, -0.25) is 4.79 Å². The molecule has 0 aromatic rings. The first-order valence-electron chi connectivity index (χ1n) is 8.65. The van der Waals surface area contributed by atoms with Crippen molar-refractivity contribution in [2.75, 3.05) is 13.2 Å². The molecule has 0 rings (SSSR count). The summed E-state index contributed by atoms with van der Waals surface area (Å²) < 4.78 is 17.1. The first-order chi connectivity index (χ1) is 10.5. The van der Waals surface area contributed by atoms with Crippen molar-refractivity contribution >= 4 is 5.97 Å². The third kappa shape index (κ3) is 10.4. The van der Waals surface area contributed by atoms with E-state index < -0.39 is 5.60 Å². The number of carbonyl (C=O) groups is 1. The minimum absolute atomic E-state index is 0.191. The summed E-state index contributed by atoms with van der Waals surface area (Å²) in [6.45, 7) is 17.1. The Morgan fingerprint density at radius 3 is 2.30 bits per heavy atom. The summed E-state index contributed by atoms with van der Waals surface area (Å²) in [6, 6.07) is 0. The number of hydrogen-bond acceptors (Lipinski definition) is 4. The second kappa shape index (κ2) is 9.96. The van der Waals surface area contributed by atoms with Gasteiger partial charge in [0, 0.05) is 6.42 Å². The van der Waals surface area contributed by atoms with Crippen LogP contribution in [0.25, 0.3) is 0 Å². The van der Waals surface area contributed by atoms with Crippen LogP contribution in [0.1, 0.15) is 74.7 Å². The molecule has 0 aromatic heterocycles. The normalized spacial score (nSPS) is 15.4. The predicted molar refractivity (Wildman–Crippen MR) is 94.3 cm³/mol. The van der Waals surface area contributed by atoms with Crippen molar-refractivity contribution in [1.82, 2.24) is 0 Å². The molecule has 0 bridgehead atoms. The molecule has 0 aliphatic carbocycles. The highest BCUT2D eigenvalue weighted by molar-refractivity contribution is 5.70. The van der Waals surface area contributed by atoms with Gasteiger partial charge in [-0.25, -0.2) is 0 Å². The van der Waals surface area contributed by atoms with Crippen LogP contribution in [0.15, 0.2) is 11.8 Å². The van der Waals surface area contributed by atoms with Crippen molar-refractivity contribution in [3.8, 4) is 0 Å². The summed E-state index contributed by atoms with van der Waals surface area (Å²) in [5.74, 6) is 1.06. The van der Waals surface area contributed by atoms with Crippen LogP contribution in [-0.4, -0.2) is 30.4 Å². The van der Waals surface area contributed by atoms with E-state index in [1.165, 1.54) is 0 Å². The first-order valence-corrected chi connectivity index (χ1v) is 8.65. The lowest BCUT2D eigenvalue weighted by Crippen LogP contribution is -2.35. The Morgan fingerprint density at radius 1 is 1.22 bits per heavy atom. The zero-order valence-electron chi connectivity index (χ0n) is 16.3. The summed E-state index contributed by atoms with van der Waals surface area (Å²) in [4.78, 5) is 11.9. The van der Waals surface area contributed by atoms with Crippen molar-refractivity contribution < 1.29 is 19.0 Å². The Kier molecular flexibility index (Phi) is 9.52. The van der Waals surface area contributed by atoms with Gasteiger partial charge in [-0.2, -0.15) is 0 Å². The standard InChI is InChI=1S/C19H36O4/c1-9-16(5)23-18(6,7)11-12-22-19(8,10-2)13-17(20)21-14-15(3)4/h9,15H,10-14H2,1-8H3. The van der Waals surface area contributed by atoms with Crippen molar-refractivity contribution in [3.05, 3.63) is 11.8 Å². The quantitative estimate of drug-likeness (QED) is 0.401. The second-order valence-electron chi connectivity index (χ2n) is 7.42. The van der Waals surface area contributed by atoms with Gasteiger partial charge in [0.1, 0.15) is 5.60 Å². The molecule has 0 aromatic carbocycles. The monoisotopic (exact) mass is 328 g/mol. The zero-order chi connectivity index (χ0) is 18.1. The second-order valence-corrected chi connectivity index (χ2v) is 7.42. The first kappa shape index (κ1) is 22.0. The van der Waals surface area contributed by atoms with Crippen LogP contribution >= 0.6 is 0 Å². The van der Waals surface area contributed by atoms with Crippen LogP contribution < -0.4 is 0 Å². The van der Waals surface area contributed by atoms with E-state index in [-0.39, 0.29) is 18.0 Å². The molecule has 23 heavy (non-hydrogen) atoms.